The smallest absolute Gasteiger partial charge is 0.261 e. The largest absolute Gasteiger partial charge is 0.409 e. The van der Waals surface area contributed by atoms with Crippen molar-refractivity contribution < 1.29 is 23.3 Å². The van der Waals surface area contributed by atoms with Gasteiger partial charge in [-0.25, -0.2) is 11.7 Å². The third kappa shape index (κ3) is 6.09. The minimum Gasteiger partial charge on any atom is -0.409 e. The van der Waals surface area contributed by atoms with E-state index in [1.165, 1.54) is 0 Å². The van der Waals surface area contributed by atoms with Gasteiger partial charge in [0.15, 0.2) is 8.32 Å². The van der Waals surface area contributed by atoms with Gasteiger partial charge in [0.25, 0.3) is 6.64 Å². The van der Waals surface area contributed by atoms with Crippen molar-refractivity contribution in [3.05, 3.63) is 11.4 Å². The molecule has 0 spiro atoms. The Balaban J connectivity index is 3.06. The highest BCUT2D eigenvalue weighted by Gasteiger charge is 2.50. The van der Waals surface area contributed by atoms with E-state index >= 15 is 0 Å². The van der Waals surface area contributed by atoms with E-state index in [4.69, 9.17) is 38.0 Å². The van der Waals surface area contributed by atoms with E-state index in [1.54, 1.807) is 7.05 Å². The van der Waals surface area contributed by atoms with Crippen molar-refractivity contribution in [1.29, 1.82) is 1.43 Å². The standard InChI is InChI=1S/C15H32BN2O5PSSi/c1-15(2,3)26(6,7)23-13-12(11(10-19)21-14(13)16)22-24(25,18-5)20-9-8-17-4/h11-14,19H,8-10,16H2,1-3,5-7H3,(H,18,25)/t11-,12?,13+,14-,24?/m1/s1/i19D. The molecule has 1 saturated heterocycles. The molecule has 1 rings (SSSR count). The topological polar surface area (TPSA) is 73.5 Å². The van der Waals surface area contributed by atoms with Gasteiger partial charge in [0, 0.05) is 0 Å². The maximum absolute atomic E-state index is 7.12. The van der Waals surface area contributed by atoms with E-state index in [2.05, 4.69) is 48.9 Å². The van der Waals surface area contributed by atoms with Crippen LogP contribution in [0.5, 0.6) is 0 Å². The number of hydrogen-bond acceptors (Lipinski definition) is 6. The number of rotatable bonds is 10. The Kier molecular flexibility index (Phi) is 8.29. The quantitative estimate of drug-likeness (QED) is 0.239. The number of aliphatic hydroxyl groups excluding tert-OH is 1. The maximum Gasteiger partial charge on any atom is 0.261 e. The lowest BCUT2D eigenvalue weighted by Crippen LogP contribution is -2.50. The van der Waals surface area contributed by atoms with Gasteiger partial charge >= 0.3 is 0 Å². The summed E-state index contributed by atoms with van der Waals surface area (Å²) in [6.45, 7) is 15.4. The van der Waals surface area contributed by atoms with Gasteiger partial charge in [-0.2, -0.15) is 0 Å². The number of nitrogens with one attached hydrogen (secondary N) is 1. The van der Waals surface area contributed by atoms with E-state index < -0.39 is 27.2 Å². The van der Waals surface area contributed by atoms with Crippen molar-refractivity contribution in [2.75, 3.05) is 26.8 Å². The molecule has 0 saturated carbocycles. The molecule has 26 heavy (non-hydrogen) atoms. The third-order valence-electron chi connectivity index (χ3n) is 4.94. The van der Waals surface area contributed by atoms with Crippen LogP contribution in [-0.2, 0) is 30.0 Å². The van der Waals surface area contributed by atoms with E-state index in [-0.39, 0.29) is 36.9 Å². The SMILES string of the molecule is [2H]OC[C@H]1O[C@@H](B)[C@@H](O[Si](C)(C)C(C)(C)C)C1OP(=S)(NC)OCC[N+]#[C-]. The predicted molar refractivity (Wildman–Crippen MR) is 112 cm³/mol. The second kappa shape index (κ2) is 9.59. The Morgan fingerprint density at radius 1 is 1.46 bits per heavy atom. The zero-order valence-corrected chi connectivity index (χ0v) is 19.5. The Morgan fingerprint density at radius 2 is 2.12 bits per heavy atom. The number of ether oxygens (including phenoxy) is 1. The molecule has 0 aromatic heterocycles. The van der Waals surface area contributed by atoms with Crippen LogP contribution in [0.4, 0.5) is 0 Å². The molecule has 1 aliphatic heterocycles. The zero-order valence-electron chi connectivity index (χ0n) is 17.8. The lowest BCUT2D eigenvalue weighted by molar-refractivity contribution is 0.000346. The summed E-state index contributed by atoms with van der Waals surface area (Å²) in [5, 5.41) is 7.55. The number of hydrogen-bond donors (Lipinski definition) is 2. The predicted octanol–water partition coefficient (Wildman–Crippen LogP) is 1.49. The molecule has 11 heteroatoms. The van der Waals surface area contributed by atoms with Crippen LogP contribution in [-0.4, -0.2) is 73.8 Å². The molecule has 0 bridgehead atoms. The van der Waals surface area contributed by atoms with E-state index in [1.807, 2.05) is 7.85 Å². The fourth-order valence-corrected chi connectivity index (χ4v) is 5.44. The normalized spacial score (nSPS) is 29.8. The Morgan fingerprint density at radius 3 is 2.62 bits per heavy atom. The van der Waals surface area contributed by atoms with Crippen molar-refractivity contribution in [2.24, 2.45) is 0 Å². The minimum absolute atomic E-state index is 0.0244. The van der Waals surface area contributed by atoms with Gasteiger partial charge in [0.05, 0.1) is 18.7 Å². The Labute approximate surface area is 166 Å². The van der Waals surface area contributed by atoms with Crippen LogP contribution in [0.3, 0.4) is 0 Å². The molecule has 0 aromatic rings. The molecular weight excluding hydrogens is 390 g/mol. The van der Waals surface area contributed by atoms with Crippen LogP contribution in [0.1, 0.15) is 20.8 Å². The van der Waals surface area contributed by atoms with Crippen LogP contribution in [0.2, 0.25) is 18.1 Å². The second-order valence-electron chi connectivity index (χ2n) is 7.90. The summed E-state index contributed by atoms with van der Waals surface area (Å²) in [6.07, 6.45) is -1.34. The summed E-state index contributed by atoms with van der Waals surface area (Å²) < 4.78 is 31.6. The molecule has 5 atom stereocenters. The van der Waals surface area contributed by atoms with Crippen LogP contribution < -0.4 is 5.09 Å². The average molecular weight is 423 g/mol. The maximum atomic E-state index is 7.12. The molecule has 0 aliphatic carbocycles. The first-order valence-corrected chi connectivity index (χ1v) is 14.3. The Hall–Kier alpha value is 0.182. The molecule has 7 nitrogen and oxygen atoms in total. The van der Waals surface area contributed by atoms with Crippen molar-refractivity contribution in [1.82, 2.24) is 5.09 Å². The van der Waals surface area contributed by atoms with E-state index in [9.17, 15) is 0 Å². The fourth-order valence-electron chi connectivity index (χ4n) is 2.37. The first-order valence-electron chi connectivity index (χ1n) is 9.18. The summed E-state index contributed by atoms with van der Waals surface area (Å²) in [7, 11) is 1.52. The zero-order chi connectivity index (χ0) is 20.9. The van der Waals surface area contributed by atoms with Crippen LogP contribution >= 0.6 is 6.64 Å². The van der Waals surface area contributed by atoms with Crippen molar-refractivity contribution >= 4 is 34.6 Å². The molecule has 0 radical (unpaired) electrons. The van der Waals surface area contributed by atoms with Crippen LogP contribution in [0.15, 0.2) is 0 Å². The van der Waals surface area contributed by atoms with Gasteiger partial charge in [-0.1, -0.05) is 20.8 Å². The van der Waals surface area contributed by atoms with Gasteiger partial charge in [-0.15, -0.1) is 0 Å². The highest BCUT2D eigenvalue weighted by molar-refractivity contribution is 8.08. The van der Waals surface area contributed by atoms with Gasteiger partial charge in [-0.3, -0.25) is 0 Å². The summed E-state index contributed by atoms with van der Waals surface area (Å²) in [5.41, 5.74) is 0. The highest BCUT2D eigenvalue weighted by Crippen LogP contribution is 2.48. The van der Waals surface area contributed by atoms with Crippen LogP contribution in [0, 0.1) is 6.57 Å². The summed E-state index contributed by atoms with van der Waals surface area (Å²) >= 11 is 5.56. The van der Waals surface area contributed by atoms with Gasteiger partial charge in [0.1, 0.15) is 26.7 Å². The Bertz CT molecular complexity index is 577. The molecule has 2 unspecified atom stereocenters. The molecular formula is C15H32BN2O5PSSi. The van der Waals surface area contributed by atoms with Crippen molar-refractivity contribution in [3.8, 4) is 0 Å². The highest BCUT2D eigenvalue weighted by atomic mass is 32.5. The third-order valence-corrected chi connectivity index (χ3v) is 12.1. The first-order chi connectivity index (χ1) is 12.4. The minimum atomic E-state index is -2.83. The number of nitrogens with zero attached hydrogens (tertiary/aromatic N) is 1. The molecule has 150 valence electrons. The molecule has 2 N–H and O–H groups in total. The number of aliphatic hydroxyl groups is 1. The average Bonchev–Trinajstić information content (AvgIpc) is 2.82. The summed E-state index contributed by atoms with van der Waals surface area (Å²) in [6, 6.07) is -0.229. The summed E-state index contributed by atoms with van der Waals surface area (Å²) in [4.78, 5) is 3.28. The summed E-state index contributed by atoms with van der Waals surface area (Å²) in [5.74, 6) is 0. The molecule has 0 aromatic carbocycles. The molecule has 1 fully saturated rings. The first kappa shape index (κ1) is 22.5. The van der Waals surface area contributed by atoms with E-state index in [0.29, 0.717) is 0 Å². The lowest BCUT2D eigenvalue weighted by Gasteiger charge is -2.41. The van der Waals surface area contributed by atoms with Crippen LogP contribution in [0.25, 0.3) is 4.85 Å². The molecule has 1 aliphatic rings. The van der Waals surface area contributed by atoms with Gasteiger partial charge in [-0.05, 0) is 37.0 Å². The second-order valence-corrected chi connectivity index (χ2v) is 16.0. The van der Waals surface area contributed by atoms with Crippen molar-refractivity contribution in [3.63, 3.8) is 0 Å². The molecule has 0 amide bonds. The van der Waals surface area contributed by atoms with E-state index in [0.717, 1.165) is 0 Å². The van der Waals surface area contributed by atoms with Gasteiger partial charge < -0.3 is 28.2 Å². The fraction of sp³-hybridized carbons (Fsp3) is 0.933. The lowest BCUT2D eigenvalue weighted by atomic mass is 9.93. The molecule has 1 heterocycles. The van der Waals surface area contributed by atoms with Crippen molar-refractivity contribution in [2.45, 2.75) is 63.2 Å². The monoisotopic (exact) mass is 423 g/mol. The van der Waals surface area contributed by atoms with Gasteiger partial charge in [0.2, 0.25) is 7.98 Å².